The summed E-state index contributed by atoms with van der Waals surface area (Å²) in [5, 5.41) is 0.948. The summed E-state index contributed by atoms with van der Waals surface area (Å²) in [4.78, 5) is 54.9. The van der Waals surface area contributed by atoms with Gasteiger partial charge in [-0.05, 0) is 51.7 Å². The molecule has 35 heavy (non-hydrogen) atoms. The lowest BCUT2D eigenvalue weighted by Crippen LogP contribution is -2.46. The predicted octanol–water partition coefficient (Wildman–Crippen LogP) is 3.81. The van der Waals surface area contributed by atoms with Gasteiger partial charge in [0.1, 0.15) is 5.60 Å². The number of nitrogens with zero attached hydrogens (tertiary/aromatic N) is 1. The molecule has 1 unspecified atom stereocenters. The van der Waals surface area contributed by atoms with Gasteiger partial charge in [-0.15, -0.1) is 0 Å². The minimum atomic E-state index is -0.683. The van der Waals surface area contributed by atoms with Gasteiger partial charge in [-0.25, -0.2) is 15.1 Å². The van der Waals surface area contributed by atoms with Crippen LogP contribution in [-0.2, 0) is 14.3 Å². The number of aromatic nitrogens is 1. The van der Waals surface area contributed by atoms with E-state index < -0.39 is 23.5 Å². The van der Waals surface area contributed by atoms with Gasteiger partial charge in [0.25, 0.3) is 0 Å². The molecule has 190 valence electrons. The zero-order chi connectivity index (χ0) is 25.8. The van der Waals surface area contributed by atoms with Crippen LogP contribution in [0, 0.1) is 17.8 Å². The average Bonchev–Trinajstić information content (AvgIpc) is 3.35. The average molecular weight is 485 g/mol. The van der Waals surface area contributed by atoms with E-state index in [4.69, 9.17) is 4.74 Å². The lowest BCUT2D eigenvalue weighted by atomic mass is 9.91. The summed E-state index contributed by atoms with van der Waals surface area (Å²) in [5.74, 6) is -1.48. The van der Waals surface area contributed by atoms with E-state index in [2.05, 4.69) is 15.8 Å². The maximum atomic E-state index is 12.9. The van der Waals surface area contributed by atoms with Crippen molar-refractivity contribution in [3.8, 4) is 0 Å². The van der Waals surface area contributed by atoms with Gasteiger partial charge in [-0.1, -0.05) is 32.0 Å². The first-order valence-corrected chi connectivity index (χ1v) is 12.1. The molecule has 0 aliphatic carbocycles. The van der Waals surface area contributed by atoms with E-state index in [9.17, 15) is 19.2 Å². The lowest BCUT2D eigenvalue weighted by molar-refractivity contribution is -0.131. The Kier molecular flexibility index (Phi) is 8.32. The van der Waals surface area contributed by atoms with Crippen molar-refractivity contribution in [2.24, 2.45) is 17.8 Å². The Morgan fingerprint density at radius 3 is 2.57 bits per heavy atom. The van der Waals surface area contributed by atoms with Gasteiger partial charge in [-0.2, -0.15) is 0 Å². The van der Waals surface area contributed by atoms with Crippen molar-refractivity contribution in [1.29, 1.82) is 0 Å². The molecule has 2 heterocycles. The number of fused-ring (bicyclic) bond motifs is 1. The number of carbonyl (C=O) groups is 4. The minimum Gasteiger partial charge on any atom is -0.443 e. The van der Waals surface area contributed by atoms with Crippen LogP contribution in [0.4, 0.5) is 4.79 Å². The molecule has 1 aromatic carbocycles. The number of para-hydroxylation sites is 1. The fourth-order valence-electron chi connectivity index (χ4n) is 4.20. The molecule has 1 aromatic heterocycles. The first kappa shape index (κ1) is 26.4. The first-order valence-electron chi connectivity index (χ1n) is 12.1. The lowest BCUT2D eigenvalue weighted by Gasteiger charge is -2.23. The summed E-state index contributed by atoms with van der Waals surface area (Å²) in [7, 11) is 0. The van der Waals surface area contributed by atoms with Crippen molar-refractivity contribution in [2.45, 2.75) is 59.5 Å². The highest BCUT2D eigenvalue weighted by Gasteiger charge is 2.37. The quantitative estimate of drug-likeness (QED) is 0.368. The Balaban J connectivity index is 1.53. The number of Topliss-reactive ketones (excluding diaryl/α,β-unsaturated/α-hetero) is 1. The smallest absolute Gasteiger partial charge is 0.417 e. The Labute approximate surface area is 205 Å². The summed E-state index contributed by atoms with van der Waals surface area (Å²) in [6.07, 6.45) is 0.457. The molecule has 0 bridgehead atoms. The number of benzene rings is 1. The number of amides is 3. The molecule has 3 N–H and O–H groups in total. The molecule has 1 aliphatic rings. The molecular formula is C26H36N4O5. The van der Waals surface area contributed by atoms with Crippen molar-refractivity contribution in [1.82, 2.24) is 20.7 Å². The van der Waals surface area contributed by atoms with E-state index in [0.29, 0.717) is 18.5 Å². The van der Waals surface area contributed by atoms with Crippen molar-refractivity contribution in [3.63, 3.8) is 0 Å². The molecule has 3 rings (SSSR count). The van der Waals surface area contributed by atoms with Crippen LogP contribution < -0.4 is 10.9 Å². The highest BCUT2D eigenvalue weighted by atomic mass is 16.6. The Hall–Kier alpha value is -3.20. The normalized spacial score (nSPS) is 17.1. The van der Waals surface area contributed by atoms with Crippen molar-refractivity contribution in [3.05, 3.63) is 36.0 Å². The van der Waals surface area contributed by atoms with Crippen LogP contribution in [0.3, 0.4) is 0 Å². The number of aromatic amines is 1. The van der Waals surface area contributed by atoms with Crippen LogP contribution in [0.15, 0.2) is 30.3 Å². The van der Waals surface area contributed by atoms with Crippen molar-refractivity contribution < 1.29 is 23.9 Å². The molecule has 0 radical (unpaired) electrons. The number of ether oxygens (including phenoxy) is 1. The zero-order valence-electron chi connectivity index (χ0n) is 21.1. The molecule has 2 aromatic rings. The fourth-order valence-corrected chi connectivity index (χ4v) is 4.20. The third-order valence-corrected chi connectivity index (χ3v) is 5.88. The number of imide groups is 1. The third-order valence-electron chi connectivity index (χ3n) is 5.88. The number of carbonyl (C=O) groups excluding carboxylic acids is 4. The molecule has 3 amide bonds. The summed E-state index contributed by atoms with van der Waals surface area (Å²) in [6.45, 7) is 9.72. The second-order valence-electron chi connectivity index (χ2n) is 10.6. The molecule has 1 aliphatic heterocycles. The van der Waals surface area contributed by atoms with Gasteiger partial charge in [0.15, 0.2) is 5.78 Å². The van der Waals surface area contributed by atoms with Crippen molar-refractivity contribution in [2.75, 3.05) is 13.1 Å². The largest absolute Gasteiger partial charge is 0.443 e. The Bertz CT molecular complexity index is 1050. The molecule has 0 saturated carbocycles. The van der Waals surface area contributed by atoms with Gasteiger partial charge in [-0.3, -0.25) is 19.8 Å². The van der Waals surface area contributed by atoms with Gasteiger partial charge in [0.05, 0.1) is 11.6 Å². The van der Waals surface area contributed by atoms with Crippen molar-refractivity contribution >= 4 is 34.6 Å². The third kappa shape index (κ3) is 7.14. The van der Waals surface area contributed by atoms with E-state index >= 15 is 0 Å². The first-order chi connectivity index (χ1) is 16.4. The van der Waals surface area contributed by atoms with Crippen LogP contribution in [0.2, 0.25) is 0 Å². The number of hydrazine groups is 1. The number of rotatable bonds is 9. The summed E-state index contributed by atoms with van der Waals surface area (Å²) < 4.78 is 5.29. The minimum absolute atomic E-state index is 0.0767. The van der Waals surface area contributed by atoms with Crippen LogP contribution in [0.5, 0.6) is 0 Å². The van der Waals surface area contributed by atoms with Gasteiger partial charge in [0.2, 0.25) is 11.8 Å². The summed E-state index contributed by atoms with van der Waals surface area (Å²) in [6, 6.07) is 9.45. The van der Waals surface area contributed by atoms with Crippen LogP contribution in [0.25, 0.3) is 10.9 Å². The number of nitrogens with one attached hydrogen (secondary N) is 3. The van der Waals surface area contributed by atoms with E-state index in [0.717, 1.165) is 15.8 Å². The van der Waals surface area contributed by atoms with E-state index in [1.165, 1.54) is 0 Å². The standard InChI is InChI=1S/C26H36N4O5/c1-16(2)12-19(14-22(31)21-13-17-8-6-7-9-20(17)28-21)23(32)29-27-15-18-10-11-30(24(18)33)25(34)35-26(3,4)5/h6-9,13,16,18-19,27-28H,10-12,14-15H2,1-5H3,(H,29,32)/t18?,19-/m1/s1. The molecule has 0 spiro atoms. The van der Waals surface area contributed by atoms with Crippen LogP contribution in [0.1, 0.15) is 64.4 Å². The SMILES string of the molecule is CC(C)C[C@H](CC(=O)c1cc2ccccc2[nH]1)C(=O)NNCC1CCN(C(=O)OC(C)(C)C)C1=O. The van der Waals surface area contributed by atoms with Gasteiger partial charge in [0, 0.05) is 36.3 Å². The fraction of sp³-hybridized carbons (Fsp3) is 0.538. The summed E-state index contributed by atoms with van der Waals surface area (Å²) in [5.41, 5.74) is 6.18. The second-order valence-corrected chi connectivity index (χ2v) is 10.6. The van der Waals surface area contributed by atoms with E-state index in [-0.39, 0.29) is 43.0 Å². The summed E-state index contributed by atoms with van der Waals surface area (Å²) >= 11 is 0. The highest BCUT2D eigenvalue weighted by Crippen LogP contribution is 2.22. The monoisotopic (exact) mass is 484 g/mol. The zero-order valence-corrected chi connectivity index (χ0v) is 21.1. The Morgan fingerprint density at radius 1 is 1.20 bits per heavy atom. The van der Waals surface area contributed by atoms with E-state index in [1.807, 2.05) is 44.2 Å². The maximum Gasteiger partial charge on any atom is 0.417 e. The number of H-pyrrole nitrogens is 1. The van der Waals surface area contributed by atoms with Gasteiger partial charge >= 0.3 is 6.09 Å². The highest BCUT2D eigenvalue weighted by molar-refractivity contribution is 6.01. The second kappa shape index (κ2) is 11.0. The number of likely N-dealkylation sites (tertiary alicyclic amines) is 1. The number of hydrogen-bond donors (Lipinski definition) is 3. The van der Waals surface area contributed by atoms with E-state index in [1.54, 1.807) is 20.8 Å². The molecule has 9 nitrogen and oxygen atoms in total. The molecular weight excluding hydrogens is 448 g/mol. The number of hydrogen-bond acceptors (Lipinski definition) is 6. The molecule has 9 heteroatoms. The molecule has 2 atom stereocenters. The van der Waals surface area contributed by atoms with Gasteiger partial charge < -0.3 is 9.72 Å². The predicted molar refractivity (Wildman–Crippen MR) is 132 cm³/mol. The molecule has 1 saturated heterocycles. The maximum absolute atomic E-state index is 12.9. The number of ketones is 1. The van der Waals surface area contributed by atoms with Crippen LogP contribution in [-0.4, -0.2) is 52.3 Å². The topological polar surface area (TPSA) is 121 Å². The van der Waals surface area contributed by atoms with Crippen LogP contribution >= 0.6 is 0 Å². The molecule has 1 fully saturated rings. The Morgan fingerprint density at radius 2 is 1.91 bits per heavy atom.